The molecule has 3 rings (SSSR count). The lowest BCUT2D eigenvalue weighted by molar-refractivity contribution is 0.0599. The van der Waals surface area contributed by atoms with Crippen LogP contribution in [0.3, 0.4) is 0 Å². The van der Waals surface area contributed by atoms with E-state index >= 15 is 0 Å². The molecule has 1 saturated heterocycles. The minimum absolute atomic E-state index is 0.179. The molecule has 28 heavy (non-hydrogen) atoms. The van der Waals surface area contributed by atoms with E-state index in [0.29, 0.717) is 46.9 Å². The molecule has 2 atom stereocenters. The predicted octanol–water partition coefficient (Wildman–Crippen LogP) is 1.99. The van der Waals surface area contributed by atoms with Crippen LogP contribution in [0.15, 0.2) is 18.2 Å². The van der Waals surface area contributed by atoms with Gasteiger partial charge in [0.15, 0.2) is 5.82 Å². The number of nitrogens with one attached hydrogen (secondary N) is 1. The van der Waals surface area contributed by atoms with Crippen molar-refractivity contribution >= 4 is 35.0 Å². The summed E-state index contributed by atoms with van der Waals surface area (Å²) in [7, 11) is 1.57. The van der Waals surface area contributed by atoms with E-state index in [4.69, 9.17) is 33.7 Å². The topological polar surface area (TPSA) is 109 Å². The van der Waals surface area contributed by atoms with Crippen LogP contribution in [-0.2, 0) is 4.74 Å². The van der Waals surface area contributed by atoms with Gasteiger partial charge in [-0.15, -0.1) is 10.2 Å². The summed E-state index contributed by atoms with van der Waals surface area (Å²) in [6.45, 7) is 4.27. The molecule has 152 valence electrons. The minimum atomic E-state index is -0.550. The van der Waals surface area contributed by atoms with E-state index in [-0.39, 0.29) is 11.4 Å². The number of benzene rings is 1. The number of nitrogens with zero attached hydrogens (tertiary/aromatic N) is 4. The number of ether oxygens (including phenoxy) is 1. The summed E-state index contributed by atoms with van der Waals surface area (Å²) in [6.07, 6.45) is 0.323. The normalized spacial score (nSPS) is 20.5. The van der Waals surface area contributed by atoms with Crippen molar-refractivity contribution in [3.05, 3.63) is 28.2 Å². The smallest absolute Gasteiger partial charge is 0.247 e. The highest BCUT2D eigenvalue weighted by molar-refractivity contribution is 6.43. The van der Waals surface area contributed by atoms with Gasteiger partial charge in [0.25, 0.3) is 0 Å². The molecule has 0 amide bonds. The maximum absolute atomic E-state index is 9.85. The Hall–Kier alpha value is -1.71. The van der Waals surface area contributed by atoms with Crippen LogP contribution >= 0.6 is 23.2 Å². The van der Waals surface area contributed by atoms with Gasteiger partial charge in [0.05, 0.1) is 22.8 Å². The number of rotatable bonds is 7. The van der Waals surface area contributed by atoms with Gasteiger partial charge in [-0.2, -0.15) is 4.98 Å². The number of methoxy groups -OCH3 is 1. The van der Waals surface area contributed by atoms with Crippen LogP contribution in [0.2, 0.25) is 10.0 Å². The van der Waals surface area contributed by atoms with Gasteiger partial charge in [-0.25, -0.2) is 0 Å². The third-order valence-electron chi connectivity index (χ3n) is 4.79. The molecule has 1 aliphatic rings. The Morgan fingerprint density at radius 3 is 2.89 bits per heavy atom. The van der Waals surface area contributed by atoms with Crippen molar-refractivity contribution in [2.75, 3.05) is 44.0 Å². The van der Waals surface area contributed by atoms with Gasteiger partial charge in [0.1, 0.15) is 5.69 Å². The Morgan fingerprint density at radius 1 is 1.39 bits per heavy atom. The molecule has 8 nitrogen and oxygen atoms in total. The molecular formula is C18H24Cl2N6O2. The number of hydrogen-bond donors (Lipinski definition) is 3. The van der Waals surface area contributed by atoms with Gasteiger partial charge in [0.2, 0.25) is 5.95 Å². The van der Waals surface area contributed by atoms with E-state index in [2.05, 4.69) is 27.4 Å². The number of anilines is 2. The average Bonchev–Trinajstić information content (AvgIpc) is 3.06. The van der Waals surface area contributed by atoms with Gasteiger partial charge in [-0.05, 0) is 19.4 Å². The predicted molar refractivity (Wildman–Crippen MR) is 111 cm³/mol. The molecule has 2 heterocycles. The monoisotopic (exact) mass is 426 g/mol. The first-order chi connectivity index (χ1) is 13.3. The molecule has 1 unspecified atom stereocenters. The lowest BCUT2D eigenvalue weighted by Gasteiger charge is -2.27. The molecule has 0 radical (unpaired) electrons. The number of aromatic nitrogens is 3. The Morgan fingerprint density at radius 2 is 2.18 bits per heavy atom. The Bertz CT molecular complexity index is 840. The van der Waals surface area contributed by atoms with Gasteiger partial charge < -0.3 is 25.8 Å². The fourth-order valence-electron chi connectivity index (χ4n) is 3.23. The molecule has 0 aliphatic carbocycles. The van der Waals surface area contributed by atoms with Crippen LogP contribution < -0.4 is 16.0 Å². The van der Waals surface area contributed by atoms with Gasteiger partial charge in [-0.3, -0.25) is 0 Å². The van der Waals surface area contributed by atoms with Crippen LogP contribution in [0.25, 0.3) is 11.3 Å². The van der Waals surface area contributed by atoms with E-state index < -0.39 is 6.10 Å². The largest absolute Gasteiger partial charge is 0.389 e. The summed E-state index contributed by atoms with van der Waals surface area (Å²) >= 11 is 12.3. The van der Waals surface area contributed by atoms with Crippen molar-refractivity contribution in [1.82, 2.24) is 20.5 Å². The molecule has 1 aliphatic heterocycles. The Balaban J connectivity index is 1.72. The van der Waals surface area contributed by atoms with E-state index in [1.54, 1.807) is 25.3 Å². The molecule has 0 spiro atoms. The van der Waals surface area contributed by atoms with Crippen LogP contribution in [-0.4, -0.2) is 65.3 Å². The lowest BCUT2D eigenvalue weighted by Crippen LogP contribution is -2.48. The van der Waals surface area contributed by atoms with Gasteiger partial charge in [-0.1, -0.05) is 35.3 Å². The summed E-state index contributed by atoms with van der Waals surface area (Å²) in [5, 5.41) is 22.5. The zero-order valence-corrected chi connectivity index (χ0v) is 17.3. The number of aliphatic hydroxyl groups is 1. The maximum Gasteiger partial charge on any atom is 0.247 e. The van der Waals surface area contributed by atoms with Crippen LogP contribution in [0, 0.1) is 0 Å². The highest BCUT2D eigenvalue weighted by Gasteiger charge is 2.35. The third kappa shape index (κ3) is 4.64. The highest BCUT2D eigenvalue weighted by atomic mass is 35.5. The van der Waals surface area contributed by atoms with Crippen molar-refractivity contribution in [3.63, 3.8) is 0 Å². The van der Waals surface area contributed by atoms with Gasteiger partial charge >= 0.3 is 0 Å². The van der Waals surface area contributed by atoms with E-state index in [0.717, 1.165) is 13.0 Å². The first kappa shape index (κ1) is 21.0. The van der Waals surface area contributed by atoms with Crippen molar-refractivity contribution in [2.45, 2.75) is 25.0 Å². The zero-order valence-electron chi connectivity index (χ0n) is 15.8. The van der Waals surface area contributed by atoms with Crippen molar-refractivity contribution < 1.29 is 9.84 Å². The maximum atomic E-state index is 9.85. The molecule has 10 heteroatoms. The first-order valence-electron chi connectivity index (χ1n) is 8.94. The molecule has 0 saturated carbocycles. The number of hydrogen-bond acceptors (Lipinski definition) is 8. The van der Waals surface area contributed by atoms with E-state index in [1.165, 1.54) is 0 Å². The number of nitrogens with two attached hydrogens (primary N) is 1. The Kier molecular flexibility index (Phi) is 6.57. The second kappa shape index (κ2) is 8.75. The molecule has 1 aromatic heterocycles. The fraction of sp³-hybridized carbons (Fsp3) is 0.500. The number of halogens is 2. The van der Waals surface area contributed by atoms with Crippen molar-refractivity contribution in [2.24, 2.45) is 0 Å². The van der Waals surface area contributed by atoms with Gasteiger partial charge in [0, 0.05) is 37.8 Å². The lowest BCUT2D eigenvalue weighted by atomic mass is 10.0. The molecule has 2 aromatic rings. The number of β-amino-alcohol motifs (C(OH)–C–C–N with tert-alkyl or cyclic N) is 1. The minimum Gasteiger partial charge on any atom is -0.389 e. The van der Waals surface area contributed by atoms with Crippen LogP contribution in [0.1, 0.15) is 13.3 Å². The molecule has 1 aromatic carbocycles. The number of aliphatic hydroxyl groups excluding tert-OH is 1. The zero-order chi connectivity index (χ0) is 20.3. The molecule has 1 fully saturated rings. The van der Waals surface area contributed by atoms with E-state index in [9.17, 15) is 5.11 Å². The quantitative estimate of drug-likeness (QED) is 0.616. The molecule has 4 N–H and O–H groups in total. The summed E-state index contributed by atoms with van der Waals surface area (Å²) in [5.41, 5.74) is 6.95. The number of nitrogen functional groups attached to an aromatic ring is 1. The Labute approximate surface area is 174 Å². The third-order valence-corrected chi connectivity index (χ3v) is 5.61. The molecule has 0 bridgehead atoms. The second-order valence-electron chi connectivity index (χ2n) is 7.17. The van der Waals surface area contributed by atoms with Crippen molar-refractivity contribution in [1.29, 1.82) is 0 Å². The van der Waals surface area contributed by atoms with Crippen LogP contribution in [0.5, 0.6) is 0 Å². The summed E-state index contributed by atoms with van der Waals surface area (Å²) in [4.78, 5) is 6.44. The first-order valence-corrected chi connectivity index (χ1v) is 9.70. The molecular weight excluding hydrogens is 403 g/mol. The van der Waals surface area contributed by atoms with Crippen LogP contribution in [0.4, 0.5) is 11.8 Å². The summed E-state index contributed by atoms with van der Waals surface area (Å²) in [5.74, 6) is 0.702. The second-order valence-corrected chi connectivity index (χ2v) is 7.95. The standard InChI is InChI=1S/C18H24Cl2N6O2/c1-18(22-8-11(27)9-28-2)6-7-26(10-18)17-23-16(21)15(24-25-17)12-4-3-5-13(19)14(12)20/h3-5,11,22,27H,6-10H2,1-2H3,(H2,21,23,25)/t11-,18?/m0/s1. The average molecular weight is 427 g/mol. The SMILES string of the molecule is COC[C@@H](O)CNC1(C)CCN(c2nnc(-c3cccc(Cl)c3Cl)c(N)n2)C1. The highest BCUT2D eigenvalue weighted by Crippen LogP contribution is 2.35. The summed E-state index contributed by atoms with van der Waals surface area (Å²) < 4.78 is 4.96. The summed E-state index contributed by atoms with van der Waals surface area (Å²) in [6, 6.07) is 5.24. The van der Waals surface area contributed by atoms with E-state index in [1.807, 2.05) is 4.90 Å². The fourth-order valence-corrected chi connectivity index (χ4v) is 3.62. The van der Waals surface area contributed by atoms with Crippen molar-refractivity contribution in [3.8, 4) is 11.3 Å².